The van der Waals surface area contributed by atoms with Crippen LogP contribution in [0.1, 0.15) is 11.1 Å². The minimum Gasteiger partial charge on any atom is -0.504 e. The third-order valence-corrected chi connectivity index (χ3v) is 6.44. The number of rotatable bonds is 9. The Morgan fingerprint density at radius 2 is 1.50 bits per heavy atom. The van der Waals surface area contributed by atoms with Crippen molar-refractivity contribution in [2.45, 2.75) is 4.90 Å². The molecule has 2 N–H and O–H groups in total. The van der Waals surface area contributed by atoms with E-state index in [0.717, 1.165) is 0 Å². The first-order valence-corrected chi connectivity index (χ1v) is 11.8. The number of aromatic hydroxyl groups is 1. The lowest BCUT2D eigenvalue weighted by Crippen LogP contribution is -2.14. The number of anilines is 1. The fraction of sp³-hybridized carbons (Fsp3) is 0.167. The van der Waals surface area contributed by atoms with Gasteiger partial charge in [-0.25, -0.2) is 8.42 Å². The molecule has 0 radical (unpaired) electrons. The van der Waals surface area contributed by atoms with E-state index in [1.165, 1.54) is 52.7 Å². The van der Waals surface area contributed by atoms with E-state index >= 15 is 0 Å². The van der Waals surface area contributed by atoms with Gasteiger partial charge in [-0.3, -0.25) is 4.72 Å². The fourth-order valence-corrected chi connectivity index (χ4v) is 4.64. The number of halogens is 1. The monoisotopic (exact) mass is 505 g/mol. The fourth-order valence-electron chi connectivity index (χ4n) is 3.25. The number of hydrogen-bond donors (Lipinski definition) is 2. The minimum absolute atomic E-state index is 0.0300. The van der Waals surface area contributed by atoms with Crippen LogP contribution in [-0.2, 0) is 10.0 Å². The van der Waals surface area contributed by atoms with Crippen LogP contribution in [-0.4, -0.2) is 42.0 Å². The van der Waals surface area contributed by atoms with Crippen LogP contribution < -0.4 is 23.7 Å². The molecule has 0 spiro atoms. The Kier molecular flexibility index (Phi) is 7.80. The molecule has 10 heteroatoms. The second kappa shape index (κ2) is 10.6. The number of nitrogens with one attached hydrogen (secondary N) is 1. The average Bonchev–Trinajstić information content (AvgIpc) is 2.82. The Balaban J connectivity index is 2.08. The molecule has 0 amide bonds. The molecule has 0 saturated heterocycles. The van der Waals surface area contributed by atoms with Gasteiger partial charge in [-0.15, -0.1) is 0 Å². The lowest BCUT2D eigenvalue weighted by atomic mass is 10.1. The van der Waals surface area contributed by atoms with E-state index < -0.39 is 10.0 Å². The zero-order valence-electron chi connectivity index (χ0n) is 19.0. The molecule has 0 bridgehead atoms. The van der Waals surface area contributed by atoms with Crippen LogP contribution in [0, 0.1) is 0 Å². The van der Waals surface area contributed by atoms with Gasteiger partial charge in [0.25, 0.3) is 10.0 Å². The number of hydrogen-bond acceptors (Lipinski definition) is 7. The van der Waals surface area contributed by atoms with Gasteiger partial charge >= 0.3 is 0 Å². The molecule has 0 heterocycles. The SMILES string of the molecule is COc1cc(/C=C\c2ccc(O)c(OC)c2NS(=O)(=O)c2cccc(Cl)c2)cc(OC)c1OC. The van der Waals surface area contributed by atoms with E-state index in [2.05, 4.69) is 4.72 Å². The molecular formula is C24H24ClNO7S. The van der Waals surface area contributed by atoms with Gasteiger partial charge in [0.15, 0.2) is 23.0 Å². The van der Waals surface area contributed by atoms with E-state index in [9.17, 15) is 13.5 Å². The summed E-state index contributed by atoms with van der Waals surface area (Å²) in [5, 5.41) is 10.5. The molecular weight excluding hydrogens is 482 g/mol. The highest BCUT2D eigenvalue weighted by atomic mass is 35.5. The standard InChI is InChI=1S/C24H24ClNO7S/c1-30-20-12-15(13-21(31-2)24(20)33-4)8-9-16-10-11-19(27)23(32-3)22(16)26-34(28,29)18-7-5-6-17(25)14-18/h5-14,26-27H,1-4H3/b9-8-. The summed E-state index contributed by atoms with van der Waals surface area (Å²) >= 11 is 5.96. The molecule has 34 heavy (non-hydrogen) atoms. The number of phenolic OH excluding ortho intramolecular Hbond substituents is 1. The molecule has 0 aliphatic carbocycles. The number of phenols is 1. The zero-order valence-corrected chi connectivity index (χ0v) is 20.5. The first kappa shape index (κ1) is 25.1. The Hall–Kier alpha value is -3.56. The highest BCUT2D eigenvalue weighted by molar-refractivity contribution is 7.92. The smallest absolute Gasteiger partial charge is 0.262 e. The van der Waals surface area contributed by atoms with Crippen molar-refractivity contribution in [3.8, 4) is 28.7 Å². The molecule has 0 aliphatic heterocycles. The van der Waals surface area contributed by atoms with Crippen LogP contribution in [0.5, 0.6) is 28.7 Å². The molecule has 0 fully saturated rings. The zero-order chi connectivity index (χ0) is 24.9. The highest BCUT2D eigenvalue weighted by Gasteiger charge is 2.21. The maximum Gasteiger partial charge on any atom is 0.262 e. The van der Waals surface area contributed by atoms with Gasteiger partial charge in [-0.05, 0) is 48.0 Å². The lowest BCUT2D eigenvalue weighted by molar-refractivity contribution is 0.324. The summed E-state index contributed by atoms with van der Waals surface area (Å²) < 4.78 is 49.9. The molecule has 3 aromatic rings. The van der Waals surface area contributed by atoms with Crippen molar-refractivity contribution >= 4 is 39.5 Å². The van der Waals surface area contributed by atoms with Crippen molar-refractivity contribution in [1.82, 2.24) is 0 Å². The van der Waals surface area contributed by atoms with Crippen molar-refractivity contribution in [1.29, 1.82) is 0 Å². The first-order valence-electron chi connectivity index (χ1n) is 9.90. The van der Waals surface area contributed by atoms with Crippen molar-refractivity contribution in [3.63, 3.8) is 0 Å². The second-order valence-electron chi connectivity index (χ2n) is 6.94. The van der Waals surface area contributed by atoms with Crippen LogP contribution in [0.4, 0.5) is 5.69 Å². The van der Waals surface area contributed by atoms with Crippen LogP contribution in [0.25, 0.3) is 12.2 Å². The molecule has 3 rings (SSSR count). The first-order chi connectivity index (χ1) is 16.2. The van der Waals surface area contributed by atoms with E-state index in [4.69, 9.17) is 30.5 Å². The van der Waals surface area contributed by atoms with Gasteiger partial charge in [0, 0.05) is 10.6 Å². The Morgan fingerprint density at radius 3 is 2.06 bits per heavy atom. The number of sulfonamides is 1. The molecule has 0 atom stereocenters. The van der Waals surface area contributed by atoms with E-state index in [1.807, 2.05) is 0 Å². The molecule has 0 saturated carbocycles. The predicted octanol–water partition coefficient (Wildman–Crippen LogP) is 5.05. The van der Waals surface area contributed by atoms with Crippen LogP contribution in [0.2, 0.25) is 5.02 Å². The molecule has 180 valence electrons. The Labute approximate surface area is 203 Å². The molecule has 0 aliphatic rings. The van der Waals surface area contributed by atoms with Gasteiger partial charge in [-0.1, -0.05) is 29.8 Å². The summed E-state index contributed by atoms with van der Waals surface area (Å²) in [4.78, 5) is -0.0371. The maximum absolute atomic E-state index is 13.0. The van der Waals surface area contributed by atoms with Crippen molar-refractivity contribution < 1.29 is 32.5 Å². The van der Waals surface area contributed by atoms with E-state index in [-0.39, 0.29) is 27.1 Å². The second-order valence-corrected chi connectivity index (χ2v) is 9.06. The molecule has 0 aromatic heterocycles. The third-order valence-electron chi connectivity index (χ3n) is 4.86. The predicted molar refractivity (Wildman–Crippen MR) is 132 cm³/mol. The largest absolute Gasteiger partial charge is 0.504 e. The lowest BCUT2D eigenvalue weighted by Gasteiger charge is -2.16. The number of benzene rings is 3. The Bertz CT molecular complexity index is 1300. The van der Waals surface area contributed by atoms with Gasteiger partial charge in [-0.2, -0.15) is 0 Å². The minimum atomic E-state index is -4.04. The topological polar surface area (TPSA) is 103 Å². The summed E-state index contributed by atoms with van der Waals surface area (Å²) in [6.45, 7) is 0. The summed E-state index contributed by atoms with van der Waals surface area (Å²) in [5.41, 5.74) is 1.20. The third kappa shape index (κ3) is 5.32. The van der Waals surface area contributed by atoms with Crippen molar-refractivity contribution in [2.75, 3.05) is 33.2 Å². The normalized spacial score (nSPS) is 11.3. The van der Waals surface area contributed by atoms with Gasteiger partial charge in [0.05, 0.1) is 33.3 Å². The summed E-state index contributed by atoms with van der Waals surface area (Å²) in [6, 6.07) is 12.3. The maximum atomic E-state index is 13.0. The van der Waals surface area contributed by atoms with Crippen LogP contribution in [0.3, 0.4) is 0 Å². The summed E-state index contributed by atoms with van der Waals surface area (Å²) in [6.07, 6.45) is 3.39. The van der Waals surface area contributed by atoms with Crippen molar-refractivity contribution in [3.05, 3.63) is 64.7 Å². The Morgan fingerprint density at radius 1 is 0.853 bits per heavy atom. The van der Waals surface area contributed by atoms with Crippen LogP contribution in [0.15, 0.2) is 53.4 Å². The van der Waals surface area contributed by atoms with Crippen LogP contribution >= 0.6 is 11.6 Å². The average molecular weight is 506 g/mol. The molecule has 3 aromatic carbocycles. The quantitative estimate of drug-likeness (QED) is 0.392. The van der Waals surface area contributed by atoms with E-state index in [1.54, 1.807) is 36.4 Å². The highest BCUT2D eigenvalue weighted by Crippen LogP contribution is 2.41. The summed E-state index contributed by atoms with van der Waals surface area (Å²) in [7, 11) is 1.83. The number of ether oxygens (including phenoxy) is 4. The van der Waals surface area contributed by atoms with Gasteiger partial charge in [0.2, 0.25) is 5.75 Å². The van der Waals surface area contributed by atoms with E-state index in [0.29, 0.717) is 28.4 Å². The number of methoxy groups -OCH3 is 4. The van der Waals surface area contributed by atoms with Gasteiger partial charge < -0.3 is 24.1 Å². The van der Waals surface area contributed by atoms with Gasteiger partial charge in [0.1, 0.15) is 5.69 Å². The molecule has 0 unspecified atom stereocenters. The summed E-state index contributed by atoms with van der Waals surface area (Å²) in [5.74, 6) is 1.12. The molecule has 8 nitrogen and oxygen atoms in total. The van der Waals surface area contributed by atoms with Crippen molar-refractivity contribution in [2.24, 2.45) is 0 Å².